The molecule has 0 atom stereocenters. The molecule has 1 heterocycles. The predicted molar refractivity (Wildman–Crippen MR) is 114 cm³/mol. The van der Waals surface area contributed by atoms with Crippen LogP contribution in [-0.4, -0.2) is 31.7 Å². The number of halogens is 1. The van der Waals surface area contributed by atoms with E-state index in [1.54, 1.807) is 24.3 Å². The third kappa shape index (κ3) is 6.21. The second-order valence-corrected chi connectivity index (χ2v) is 9.40. The van der Waals surface area contributed by atoms with E-state index in [1.807, 2.05) is 13.1 Å². The van der Waals surface area contributed by atoms with Crippen molar-refractivity contribution in [3.05, 3.63) is 58.9 Å². The van der Waals surface area contributed by atoms with Crippen LogP contribution in [0.3, 0.4) is 0 Å². The highest BCUT2D eigenvalue weighted by Crippen LogP contribution is 2.34. The molecule has 1 aromatic carbocycles. The first-order valence-electron chi connectivity index (χ1n) is 9.29. The predicted octanol–water partition coefficient (Wildman–Crippen LogP) is 4.09. The quantitative estimate of drug-likeness (QED) is 0.576. The van der Waals surface area contributed by atoms with Gasteiger partial charge in [-0.25, -0.2) is 13.4 Å². The molecule has 8 heteroatoms. The minimum absolute atomic E-state index is 0.0724. The maximum atomic E-state index is 11.7. The van der Waals surface area contributed by atoms with Crippen LogP contribution < -0.4 is 10.0 Å². The number of aliphatic imine (C=N–C) groups is 1. The molecule has 28 heavy (non-hydrogen) atoms. The second kappa shape index (κ2) is 8.92. The summed E-state index contributed by atoms with van der Waals surface area (Å²) >= 11 is 5.91. The van der Waals surface area contributed by atoms with Crippen LogP contribution in [0.5, 0.6) is 0 Å². The summed E-state index contributed by atoms with van der Waals surface area (Å²) in [4.78, 5) is 8.92. The highest BCUT2D eigenvalue weighted by atomic mass is 35.5. The van der Waals surface area contributed by atoms with Crippen molar-refractivity contribution in [2.45, 2.75) is 44.6 Å². The molecule has 0 amide bonds. The van der Waals surface area contributed by atoms with E-state index in [2.05, 4.69) is 32.1 Å². The number of guanidine groups is 1. The number of nitrogens with zero attached hydrogens (tertiary/aromatic N) is 2. The molecule has 2 N–H and O–H groups in total. The Hall–Kier alpha value is -2.12. The normalized spacial score (nSPS) is 20.6. The van der Waals surface area contributed by atoms with Crippen LogP contribution in [0.15, 0.2) is 47.6 Å². The summed E-state index contributed by atoms with van der Waals surface area (Å²) in [7, 11) is -3.44. The molecule has 1 aromatic heterocycles. The largest absolute Gasteiger partial charge is 0.326 e. The van der Waals surface area contributed by atoms with Gasteiger partial charge in [-0.3, -0.25) is 9.71 Å². The minimum atomic E-state index is -3.44. The Morgan fingerprint density at radius 3 is 2.43 bits per heavy atom. The van der Waals surface area contributed by atoms with Gasteiger partial charge in [-0.05, 0) is 80.5 Å². The van der Waals surface area contributed by atoms with Crippen LogP contribution in [0.4, 0.5) is 5.69 Å². The topological polar surface area (TPSA) is 83.5 Å². The Labute approximate surface area is 171 Å². The van der Waals surface area contributed by atoms with E-state index >= 15 is 0 Å². The molecule has 150 valence electrons. The first-order valence-corrected chi connectivity index (χ1v) is 11.6. The molecule has 1 aliphatic carbocycles. The number of rotatable bonds is 4. The fourth-order valence-corrected chi connectivity index (χ4v) is 4.05. The highest BCUT2D eigenvalue weighted by molar-refractivity contribution is 7.89. The van der Waals surface area contributed by atoms with Crippen LogP contribution >= 0.6 is 11.6 Å². The minimum Gasteiger partial charge on any atom is -0.326 e. The lowest BCUT2D eigenvalue weighted by molar-refractivity contribution is 0.396. The number of benzene rings is 1. The van der Waals surface area contributed by atoms with Crippen molar-refractivity contribution in [2.75, 3.05) is 11.6 Å². The van der Waals surface area contributed by atoms with Crippen molar-refractivity contribution in [2.24, 2.45) is 4.99 Å². The molecule has 0 unspecified atom stereocenters. The molecule has 0 radical (unpaired) electrons. The Bertz CT molecular complexity index is 937. The van der Waals surface area contributed by atoms with Gasteiger partial charge in [0.15, 0.2) is 0 Å². The van der Waals surface area contributed by atoms with E-state index in [9.17, 15) is 8.42 Å². The number of sulfonamides is 1. The lowest BCUT2D eigenvalue weighted by Gasteiger charge is -2.27. The molecular weight excluding hydrogens is 396 g/mol. The summed E-state index contributed by atoms with van der Waals surface area (Å²) in [6, 6.07) is 11.3. The number of hydrogen-bond donors (Lipinski definition) is 2. The number of hydrogen-bond acceptors (Lipinski definition) is 4. The first kappa shape index (κ1) is 20.6. The van der Waals surface area contributed by atoms with Gasteiger partial charge in [0.25, 0.3) is 0 Å². The standard InChI is InChI=1S/C20H25ClN4O2S/c1-14-13-16(11-12-22-14)15-3-7-18(8-4-15)23-20(25-28(2,26)27)24-19-9-5-17(21)6-10-19/h5-6,9-13,15,18H,3-4,7-8H2,1-2H3,(H2,23,24,25). The zero-order valence-corrected chi connectivity index (χ0v) is 17.6. The van der Waals surface area contributed by atoms with Crippen LogP contribution in [0, 0.1) is 6.92 Å². The van der Waals surface area contributed by atoms with E-state index in [0.717, 1.165) is 43.3 Å². The zero-order valence-electron chi connectivity index (χ0n) is 16.0. The summed E-state index contributed by atoms with van der Waals surface area (Å²) in [5.74, 6) is 0.747. The lowest BCUT2D eigenvalue weighted by Crippen LogP contribution is -2.36. The van der Waals surface area contributed by atoms with Crippen molar-refractivity contribution in [1.29, 1.82) is 0 Å². The van der Waals surface area contributed by atoms with Crippen molar-refractivity contribution >= 4 is 33.3 Å². The van der Waals surface area contributed by atoms with Crippen molar-refractivity contribution < 1.29 is 8.42 Å². The smallest absolute Gasteiger partial charge is 0.232 e. The van der Waals surface area contributed by atoms with Crippen LogP contribution in [0.1, 0.15) is 42.9 Å². The van der Waals surface area contributed by atoms with Gasteiger partial charge in [0, 0.05) is 22.6 Å². The molecule has 0 saturated heterocycles. The van der Waals surface area contributed by atoms with Gasteiger partial charge in [0.2, 0.25) is 16.0 Å². The maximum Gasteiger partial charge on any atom is 0.232 e. The average Bonchev–Trinajstić information content (AvgIpc) is 2.63. The van der Waals surface area contributed by atoms with E-state index in [0.29, 0.717) is 10.9 Å². The van der Waals surface area contributed by atoms with Crippen molar-refractivity contribution in [1.82, 2.24) is 9.71 Å². The fraction of sp³-hybridized carbons (Fsp3) is 0.400. The molecule has 1 saturated carbocycles. The van der Waals surface area contributed by atoms with E-state index in [4.69, 9.17) is 11.6 Å². The summed E-state index contributed by atoms with van der Waals surface area (Å²) in [6.45, 7) is 2.00. The molecule has 2 aromatic rings. The number of aryl methyl sites for hydroxylation is 1. The van der Waals surface area contributed by atoms with Gasteiger partial charge in [0.05, 0.1) is 12.3 Å². The molecule has 0 spiro atoms. The van der Waals surface area contributed by atoms with Crippen LogP contribution in [0.2, 0.25) is 5.02 Å². The SMILES string of the molecule is Cc1cc(C2CCC(N=C(Nc3ccc(Cl)cc3)NS(C)(=O)=O)CC2)ccn1. The molecule has 0 bridgehead atoms. The molecular formula is C20H25ClN4O2S. The van der Waals surface area contributed by atoms with E-state index < -0.39 is 10.0 Å². The molecule has 6 nitrogen and oxygen atoms in total. The van der Waals surface area contributed by atoms with Gasteiger partial charge in [-0.2, -0.15) is 0 Å². The third-order valence-electron chi connectivity index (χ3n) is 4.79. The second-order valence-electron chi connectivity index (χ2n) is 7.22. The Morgan fingerprint density at radius 1 is 1.14 bits per heavy atom. The van der Waals surface area contributed by atoms with Crippen molar-refractivity contribution in [3.63, 3.8) is 0 Å². The maximum absolute atomic E-state index is 11.7. The van der Waals surface area contributed by atoms with Crippen molar-refractivity contribution in [3.8, 4) is 0 Å². The average molecular weight is 421 g/mol. The number of aromatic nitrogens is 1. The van der Waals surface area contributed by atoms with Crippen LogP contribution in [0.25, 0.3) is 0 Å². The summed E-state index contributed by atoms with van der Waals surface area (Å²) in [5.41, 5.74) is 3.08. The number of anilines is 1. The fourth-order valence-electron chi connectivity index (χ4n) is 3.47. The third-order valence-corrected chi connectivity index (χ3v) is 5.61. The molecule has 1 fully saturated rings. The summed E-state index contributed by atoms with van der Waals surface area (Å²) in [6.07, 6.45) is 6.83. The number of pyridine rings is 1. The summed E-state index contributed by atoms with van der Waals surface area (Å²) in [5, 5.41) is 3.67. The van der Waals surface area contributed by atoms with Gasteiger partial charge in [-0.15, -0.1) is 0 Å². The number of nitrogens with one attached hydrogen (secondary N) is 2. The molecule has 3 rings (SSSR count). The zero-order chi connectivity index (χ0) is 20.1. The highest BCUT2D eigenvalue weighted by Gasteiger charge is 2.23. The lowest BCUT2D eigenvalue weighted by atomic mass is 9.82. The van der Waals surface area contributed by atoms with Gasteiger partial charge in [0.1, 0.15) is 0 Å². The van der Waals surface area contributed by atoms with Gasteiger partial charge in [-0.1, -0.05) is 11.6 Å². The Balaban J connectivity index is 1.69. The first-order chi connectivity index (χ1) is 13.3. The molecule has 0 aliphatic heterocycles. The van der Waals surface area contributed by atoms with E-state index in [1.165, 1.54) is 5.56 Å². The van der Waals surface area contributed by atoms with Gasteiger partial charge < -0.3 is 5.32 Å². The monoisotopic (exact) mass is 420 g/mol. The molecule has 1 aliphatic rings. The Kier molecular flexibility index (Phi) is 6.57. The Morgan fingerprint density at radius 2 is 1.82 bits per heavy atom. The van der Waals surface area contributed by atoms with E-state index in [-0.39, 0.29) is 12.0 Å². The summed E-state index contributed by atoms with van der Waals surface area (Å²) < 4.78 is 26.0. The van der Waals surface area contributed by atoms with Crippen LogP contribution in [-0.2, 0) is 10.0 Å². The van der Waals surface area contributed by atoms with Gasteiger partial charge >= 0.3 is 0 Å².